The van der Waals surface area contributed by atoms with Gasteiger partial charge >= 0.3 is 0 Å². The second kappa shape index (κ2) is 10.8. The lowest BCUT2D eigenvalue weighted by molar-refractivity contribution is 0.105. The first kappa shape index (κ1) is 24.4. The highest BCUT2D eigenvalue weighted by molar-refractivity contribution is 6.02. The Bertz CT molecular complexity index is 1560. The number of aliphatic hydroxyl groups is 1. The molecular formula is C33H34N4O. The van der Waals surface area contributed by atoms with Gasteiger partial charge in [-0.25, -0.2) is 4.98 Å². The normalized spacial score (nSPS) is 17.6. The molecule has 6 rings (SSSR count). The summed E-state index contributed by atoms with van der Waals surface area (Å²) in [6, 6.07) is 31.4. The van der Waals surface area contributed by atoms with Crippen molar-refractivity contribution in [3.05, 3.63) is 108 Å². The third kappa shape index (κ3) is 4.82. The highest BCUT2D eigenvalue weighted by Crippen LogP contribution is 2.39. The van der Waals surface area contributed by atoms with Crippen LogP contribution in [0.15, 0.2) is 97.3 Å². The number of fused-ring (bicyclic) bond motifs is 1. The Kier molecular flexibility index (Phi) is 6.93. The molecule has 2 N–H and O–H groups in total. The Labute approximate surface area is 223 Å². The molecule has 0 radical (unpaired) electrons. The quantitative estimate of drug-likeness (QED) is 0.262. The maximum atomic E-state index is 9.89. The number of benzene rings is 3. The van der Waals surface area contributed by atoms with Crippen molar-refractivity contribution in [1.82, 2.24) is 14.1 Å². The lowest BCUT2D eigenvalue weighted by Gasteiger charge is -2.25. The standard InChI is InChI=1S/C33H34N4O/c34-32-30-29(26-12-6-2-7-13-26)31(27-14-8-3-9-15-27)37(22-25-10-4-1-5-11-25)33(30)35-23-36(32)21-20-24-16-18-28(38)19-17-24/h1-15,23-24,28,34,38H,16-22H2. The molecule has 0 bridgehead atoms. The summed E-state index contributed by atoms with van der Waals surface area (Å²) in [5, 5.41) is 20.2. The Hall–Kier alpha value is -3.96. The molecule has 1 aliphatic carbocycles. The molecule has 0 saturated heterocycles. The monoisotopic (exact) mass is 502 g/mol. The molecule has 1 saturated carbocycles. The van der Waals surface area contributed by atoms with Crippen LogP contribution in [0.25, 0.3) is 33.4 Å². The van der Waals surface area contributed by atoms with Gasteiger partial charge in [-0.2, -0.15) is 0 Å². The second-order valence-corrected chi connectivity index (χ2v) is 10.5. The Morgan fingerprint density at radius 3 is 2.05 bits per heavy atom. The van der Waals surface area contributed by atoms with E-state index in [0.29, 0.717) is 18.0 Å². The van der Waals surface area contributed by atoms with Gasteiger partial charge in [0.05, 0.1) is 23.5 Å². The minimum Gasteiger partial charge on any atom is -0.393 e. The van der Waals surface area contributed by atoms with E-state index in [4.69, 9.17) is 4.98 Å². The van der Waals surface area contributed by atoms with Crippen LogP contribution >= 0.6 is 0 Å². The SMILES string of the molecule is N=c1c2c(-c3ccccc3)c(-c3ccccc3)n(Cc3ccccc3)c2ncn1CCC1CCC(O)CC1. The summed E-state index contributed by atoms with van der Waals surface area (Å²) in [7, 11) is 0. The van der Waals surface area contributed by atoms with Crippen LogP contribution in [-0.2, 0) is 13.1 Å². The number of nitrogens with zero attached hydrogens (tertiary/aromatic N) is 3. The number of rotatable bonds is 7. The van der Waals surface area contributed by atoms with Crippen LogP contribution in [0.5, 0.6) is 0 Å². The van der Waals surface area contributed by atoms with Gasteiger partial charge in [0.15, 0.2) is 0 Å². The zero-order valence-corrected chi connectivity index (χ0v) is 21.6. The summed E-state index contributed by atoms with van der Waals surface area (Å²) >= 11 is 0. The number of nitrogens with one attached hydrogen (secondary N) is 1. The van der Waals surface area contributed by atoms with Crippen LogP contribution in [0, 0.1) is 11.3 Å². The molecule has 2 heterocycles. The van der Waals surface area contributed by atoms with Crippen LogP contribution in [0.1, 0.15) is 37.7 Å². The third-order valence-corrected chi connectivity index (χ3v) is 7.97. The molecule has 0 atom stereocenters. The van der Waals surface area contributed by atoms with E-state index in [9.17, 15) is 10.5 Å². The van der Waals surface area contributed by atoms with Crippen LogP contribution in [0.3, 0.4) is 0 Å². The predicted molar refractivity (Wildman–Crippen MR) is 153 cm³/mol. The van der Waals surface area contributed by atoms with Crippen molar-refractivity contribution in [2.24, 2.45) is 5.92 Å². The summed E-state index contributed by atoms with van der Waals surface area (Å²) in [6.07, 6.45) is 6.62. The lowest BCUT2D eigenvalue weighted by Crippen LogP contribution is -2.24. The van der Waals surface area contributed by atoms with Gasteiger partial charge in [-0.05, 0) is 54.7 Å². The van der Waals surface area contributed by atoms with Crippen LogP contribution in [0.4, 0.5) is 0 Å². The van der Waals surface area contributed by atoms with Crippen LogP contribution in [-0.4, -0.2) is 25.3 Å². The molecule has 0 unspecified atom stereocenters. The molecule has 3 aromatic carbocycles. The largest absolute Gasteiger partial charge is 0.393 e. The highest BCUT2D eigenvalue weighted by Gasteiger charge is 2.24. The molecule has 2 aromatic heterocycles. The fraction of sp³-hybridized carbons (Fsp3) is 0.273. The summed E-state index contributed by atoms with van der Waals surface area (Å²) in [5.74, 6) is 0.595. The van der Waals surface area contributed by atoms with Crippen molar-refractivity contribution in [3.63, 3.8) is 0 Å². The van der Waals surface area contributed by atoms with E-state index in [1.54, 1.807) is 0 Å². The van der Waals surface area contributed by atoms with Crippen molar-refractivity contribution in [2.75, 3.05) is 0 Å². The van der Waals surface area contributed by atoms with E-state index in [1.165, 1.54) is 5.56 Å². The summed E-state index contributed by atoms with van der Waals surface area (Å²) in [4.78, 5) is 5.01. The van der Waals surface area contributed by atoms with E-state index >= 15 is 0 Å². The van der Waals surface area contributed by atoms with Crippen molar-refractivity contribution in [2.45, 2.75) is 51.3 Å². The Morgan fingerprint density at radius 2 is 1.39 bits per heavy atom. The Balaban J connectivity index is 1.53. The molecule has 0 aliphatic heterocycles. The van der Waals surface area contributed by atoms with Crippen LogP contribution in [0.2, 0.25) is 0 Å². The molecule has 5 aromatic rings. The summed E-state index contributed by atoms with van der Waals surface area (Å²) < 4.78 is 4.30. The predicted octanol–water partition coefficient (Wildman–Crippen LogP) is 6.64. The summed E-state index contributed by atoms with van der Waals surface area (Å²) in [5.41, 5.74) is 6.92. The minimum atomic E-state index is -0.141. The first-order valence-corrected chi connectivity index (χ1v) is 13.7. The first-order chi connectivity index (χ1) is 18.7. The van der Waals surface area contributed by atoms with Gasteiger partial charge in [0, 0.05) is 18.7 Å². The fourth-order valence-electron chi connectivity index (χ4n) is 5.92. The van der Waals surface area contributed by atoms with Crippen molar-refractivity contribution < 1.29 is 5.11 Å². The van der Waals surface area contributed by atoms with Gasteiger partial charge in [-0.3, -0.25) is 5.41 Å². The molecule has 38 heavy (non-hydrogen) atoms. The second-order valence-electron chi connectivity index (χ2n) is 10.5. The van der Waals surface area contributed by atoms with E-state index in [0.717, 1.165) is 72.1 Å². The molecule has 1 aliphatic rings. The van der Waals surface area contributed by atoms with Gasteiger partial charge in [0.2, 0.25) is 0 Å². The topological polar surface area (TPSA) is 66.8 Å². The number of hydrogen-bond donors (Lipinski definition) is 2. The number of aromatic nitrogens is 3. The molecule has 5 nitrogen and oxygen atoms in total. The maximum absolute atomic E-state index is 9.89. The Morgan fingerprint density at radius 1 is 0.789 bits per heavy atom. The molecule has 0 amide bonds. The van der Waals surface area contributed by atoms with Crippen molar-refractivity contribution >= 4 is 11.0 Å². The molecular weight excluding hydrogens is 468 g/mol. The zero-order chi connectivity index (χ0) is 25.9. The molecule has 0 spiro atoms. The number of hydrogen-bond acceptors (Lipinski definition) is 3. The zero-order valence-electron chi connectivity index (χ0n) is 21.6. The van der Waals surface area contributed by atoms with E-state index < -0.39 is 0 Å². The number of aliphatic hydroxyl groups excluding tert-OH is 1. The molecule has 5 heteroatoms. The fourth-order valence-corrected chi connectivity index (χ4v) is 5.92. The maximum Gasteiger partial charge on any atom is 0.146 e. The van der Waals surface area contributed by atoms with Gasteiger partial charge in [-0.15, -0.1) is 0 Å². The summed E-state index contributed by atoms with van der Waals surface area (Å²) in [6.45, 7) is 1.44. The number of aryl methyl sites for hydroxylation is 1. The smallest absolute Gasteiger partial charge is 0.146 e. The third-order valence-electron chi connectivity index (χ3n) is 7.97. The van der Waals surface area contributed by atoms with Crippen molar-refractivity contribution in [1.29, 1.82) is 5.41 Å². The van der Waals surface area contributed by atoms with E-state index in [1.807, 2.05) is 29.1 Å². The first-order valence-electron chi connectivity index (χ1n) is 13.7. The lowest BCUT2D eigenvalue weighted by atomic mass is 9.85. The van der Waals surface area contributed by atoms with Gasteiger partial charge in [0.25, 0.3) is 0 Å². The van der Waals surface area contributed by atoms with Crippen molar-refractivity contribution in [3.8, 4) is 22.4 Å². The van der Waals surface area contributed by atoms with Crippen LogP contribution < -0.4 is 5.49 Å². The van der Waals surface area contributed by atoms with Gasteiger partial charge in [-0.1, -0.05) is 91.0 Å². The van der Waals surface area contributed by atoms with E-state index in [2.05, 4.69) is 77.4 Å². The van der Waals surface area contributed by atoms with Gasteiger partial charge < -0.3 is 14.2 Å². The average molecular weight is 503 g/mol. The highest BCUT2D eigenvalue weighted by atomic mass is 16.3. The van der Waals surface area contributed by atoms with E-state index in [-0.39, 0.29) is 6.10 Å². The average Bonchev–Trinajstić information content (AvgIpc) is 3.29. The molecule has 192 valence electrons. The minimum absolute atomic E-state index is 0.141. The van der Waals surface area contributed by atoms with Gasteiger partial charge in [0.1, 0.15) is 11.1 Å². The molecule has 1 fully saturated rings.